The van der Waals surface area contributed by atoms with Crippen LogP contribution in [-0.4, -0.2) is 21.6 Å². The molecule has 0 aliphatic rings. The van der Waals surface area contributed by atoms with Crippen LogP contribution in [0.3, 0.4) is 0 Å². The van der Waals surface area contributed by atoms with E-state index in [-0.39, 0.29) is 13.2 Å². The SMILES string of the molecule is CCCCC(C)CCCCCCCOS(=O)(=O)OCCCCCCCC(C)CCCC. The van der Waals surface area contributed by atoms with Gasteiger partial charge in [0.05, 0.1) is 13.2 Å². The first kappa shape index (κ1) is 30.9. The zero-order valence-electron chi connectivity index (χ0n) is 21.3. The Bertz CT molecular complexity index is 428. The second-order valence-corrected chi connectivity index (χ2v) is 10.9. The van der Waals surface area contributed by atoms with Crippen LogP contribution in [0.15, 0.2) is 0 Å². The number of hydrogen-bond donors (Lipinski definition) is 0. The Hall–Kier alpha value is -0.130. The highest BCUT2D eigenvalue weighted by atomic mass is 32.3. The van der Waals surface area contributed by atoms with Gasteiger partial charge in [-0.25, -0.2) is 8.37 Å². The van der Waals surface area contributed by atoms with Gasteiger partial charge in [0.15, 0.2) is 0 Å². The van der Waals surface area contributed by atoms with Crippen LogP contribution in [0.25, 0.3) is 0 Å². The van der Waals surface area contributed by atoms with Gasteiger partial charge in [0, 0.05) is 0 Å². The maximum atomic E-state index is 11.8. The van der Waals surface area contributed by atoms with Gasteiger partial charge in [-0.1, -0.05) is 130 Å². The quantitative estimate of drug-likeness (QED) is 0.135. The van der Waals surface area contributed by atoms with E-state index in [2.05, 4.69) is 27.7 Å². The molecule has 31 heavy (non-hydrogen) atoms. The zero-order chi connectivity index (χ0) is 23.2. The van der Waals surface area contributed by atoms with Crippen molar-refractivity contribution < 1.29 is 16.8 Å². The molecular weight excluding hydrogens is 408 g/mol. The first-order valence-corrected chi connectivity index (χ1v) is 14.8. The summed E-state index contributed by atoms with van der Waals surface area (Å²) in [5.74, 6) is 1.68. The summed E-state index contributed by atoms with van der Waals surface area (Å²) in [6.07, 6.45) is 21.5. The first-order valence-electron chi connectivity index (χ1n) is 13.4. The van der Waals surface area contributed by atoms with Gasteiger partial charge >= 0.3 is 10.4 Å². The molecule has 0 aromatic carbocycles. The molecule has 0 amide bonds. The Morgan fingerprint density at radius 2 is 0.839 bits per heavy atom. The summed E-state index contributed by atoms with van der Waals surface area (Å²) >= 11 is 0. The van der Waals surface area contributed by atoms with Gasteiger partial charge in [-0.2, -0.15) is 8.42 Å². The van der Waals surface area contributed by atoms with E-state index in [1.54, 1.807) is 0 Å². The molecule has 5 heteroatoms. The molecule has 188 valence electrons. The van der Waals surface area contributed by atoms with Gasteiger partial charge in [-0.3, -0.25) is 0 Å². The second-order valence-electron chi connectivity index (χ2n) is 9.66. The lowest BCUT2D eigenvalue weighted by Gasteiger charge is -2.10. The van der Waals surface area contributed by atoms with Gasteiger partial charge in [-0.05, 0) is 24.7 Å². The number of rotatable bonds is 24. The molecule has 0 N–H and O–H groups in total. The van der Waals surface area contributed by atoms with Crippen LogP contribution >= 0.6 is 0 Å². The lowest BCUT2D eigenvalue weighted by atomic mass is 9.97. The molecule has 4 nitrogen and oxygen atoms in total. The van der Waals surface area contributed by atoms with Crippen molar-refractivity contribution in [3.8, 4) is 0 Å². The minimum Gasteiger partial charge on any atom is -0.248 e. The van der Waals surface area contributed by atoms with Crippen LogP contribution in [0.5, 0.6) is 0 Å². The van der Waals surface area contributed by atoms with E-state index in [0.717, 1.165) is 50.4 Å². The number of hydrogen-bond acceptors (Lipinski definition) is 4. The summed E-state index contributed by atoms with van der Waals surface area (Å²) in [7, 11) is -3.82. The van der Waals surface area contributed by atoms with E-state index >= 15 is 0 Å². The molecule has 0 spiro atoms. The van der Waals surface area contributed by atoms with E-state index in [0.29, 0.717) is 0 Å². The van der Waals surface area contributed by atoms with Crippen molar-refractivity contribution in [1.82, 2.24) is 0 Å². The standard InChI is InChI=1S/C26H54O4S/c1-5-7-19-25(3)21-15-11-9-13-17-23-29-31(27,28)30-24-18-14-10-12-16-22-26(4)20-8-6-2/h25-26H,5-24H2,1-4H3. The molecule has 0 heterocycles. The summed E-state index contributed by atoms with van der Waals surface area (Å²) in [5, 5.41) is 0. The predicted molar refractivity (Wildman–Crippen MR) is 134 cm³/mol. The van der Waals surface area contributed by atoms with Crippen molar-refractivity contribution in [3.05, 3.63) is 0 Å². The molecule has 0 bridgehead atoms. The van der Waals surface area contributed by atoms with Crippen LogP contribution in [0.1, 0.15) is 143 Å². The van der Waals surface area contributed by atoms with Crippen LogP contribution in [0, 0.1) is 11.8 Å². The van der Waals surface area contributed by atoms with Crippen LogP contribution in [-0.2, 0) is 18.8 Å². The largest absolute Gasteiger partial charge is 0.399 e. The first-order chi connectivity index (χ1) is 14.9. The van der Waals surface area contributed by atoms with E-state index in [1.165, 1.54) is 77.0 Å². The normalized spacial score (nSPS) is 14.1. The molecule has 0 aliphatic heterocycles. The fraction of sp³-hybridized carbons (Fsp3) is 1.00. The molecular formula is C26H54O4S. The smallest absolute Gasteiger partial charge is 0.248 e. The zero-order valence-corrected chi connectivity index (χ0v) is 22.2. The monoisotopic (exact) mass is 462 g/mol. The van der Waals surface area contributed by atoms with E-state index in [4.69, 9.17) is 8.37 Å². The van der Waals surface area contributed by atoms with Crippen molar-refractivity contribution in [2.45, 2.75) is 143 Å². The molecule has 0 aliphatic carbocycles. The molecule has 0 saturated carbocycles. The van der Waals surface area contributed by atoms with E-state index < -0.39 is 10.4 Å². The van der Waals surface area contributed by atoms with Gasteiger partial charge in [-0.15, -0.1) is 0 Å². The van der Waals surface area contributed by atoms with Gasteiger partial charge in [0.25, 0.3) is 0 Å². The average molecular weight is 463 g/mol. The third kappa shape index (κ3) is 22.8. The van der Waals surface area contributed by atoms with Crippen molar-refractivity contribution in [3.63, 3.8) is 0 Å². The number of unbranched alkanes of at least 4 members (excludes halogenated alkanes) is 10. The van der Waals surface area contributed by atoms with Crippen molar-refractivity contribution in [2.24, 2.45) is 11.8 Å². The fourth-order valence-corrected chi connectivity index (χ4v) is 4.71. The summed E-state index contributed by atoms with van der Waals surface area (Å²) in [4.78, 5) is 0. The predicted octanol–water partition coefficient (Wildman–Crippen LogP) is 8.60. The third-order valence-corrected chi connectivity index (χ3v) is 7.15. The van der Waals surface area contributed by atoms with E-state index in [1.807, 2.05) is 0 Å². The molecule has 2 unspecified atom stereocenters. The topological polar surface area (TPSA) is 52.6 Å². The Kier molecular flexibility index (Phi) is 21.6. The van der Waals surface area contributed by atoms with Crippen LogP contribution in [0.4, 0.5) is 0 Å². The highest BCUT2D eigenvalue weighted by molar-refractivity contribution is 7.81. The lowest BCUT2D eigenvalue weighted by molar-refractivity contribution is 0.207. The minimum atomic E-state index is -3.82. The highest BCUT2D eigenvalue weighted by Gasteiger charge is 2.11. The van der Waals surface area contributed by atoms with E-state index in [9.17, 15) is 8.42 Å². The van der Waals surface area contributed by atoms with Crippen LogP contribution in [0.2, 0.25) is 0 Å². The van der Waals surface area contributed by atoms with Gasteiger partial charge < -0.3 is 0 Å². The molecule has 0 radical (unpaired) electrons. The molecule has 0 aromatic heterocycles. The Balaban J connectivity index is 3.45. The summed E-state index contributed by atoms with van der Waals surface area (Å²) < 4.78 is 33.5. The lowest BCUT2D eigenvalue weighted by Crippen LogP contribution is -2.12. The van der Waals surface area contributed by atoms with Crippen LogP contribution < -0.4 is 0 Å². The van der Waals surface area contributed by atoms with Crippen molar-refractivity contribution in [1.29, 1.82) is 0 Å². The average Bonchev–Trinajstić information content (AvgIpc) is 2.74. The Morgan fingerprint density at radius 1 is 0.516 bits per heavy atom. The second kappa shape index (κ2) is 21.7. The highest BCUT2D eigenvalue weighted by Crippen LogP contribution is 2.18. The van der Waals surface area contributed by atoms with Gasteiger partial charge in [0.1, 0.15) is 0 Å². The molecule has 2 atom stereocenters. The molecule has 0 saturated heterocycles. The van der Waals surface area contributed by atoms with Crippen molar-refractivity contribution >= 4 is 10.4 Å². The van der Waals surface area contributed by atoms with Crippen molar-refractivity contribution in [2.75, 3.05) is 13.2 Å². The Labute approximate surface area is 195 Å². The van der Waals surface area contributed by atoms with Gasteiger partial charge in [0.2, 0.25) is 0 Å². The third-order valence-electron chi connectivity index (χ3n) is 6.24. The summed E-state index contributed by atoms with van der Waals surface area (Å²) in [6, 6.07) is 0. The maximum Gasteiger partial charge on any atom is 0.399 e. The minimum absolute atomic E-state index is 0.242. The fourth-order valence-electron chi connectivity index (χ4n) is 4.00. The summed E-state index contributed by atoms with van der Waals surface area (Å²) in [5.41, 5.74) is 0. The molecule has 0 rings (SSSR count). The molecule has 0 aromatic rings. The Morgan fingerprint density at radius 3 is 1.23 bits per heavy atom. The molecule has 0 fully saturated rings. The summed E-state index contributed by atoms with van der Waals surface area (Å²) in [6.45, 7) is 9.68. The maximum absolute atomic E-state index is 11.8.